The molecular formula is C24H29N3O5S. The molecule has 176 valence electrons. The number of fused-ring (bicyclic) bond motifs is 1. The van der Waals surface area contributed by atoms with Crippen molar-refractivity contribution in [1.82, 2.24) is 14.5 Å². The zero-order chi connectivity index (χ0) is 24.2. The summed E-state index contributed by atoms with van der Waals surface area (Å²) in [5.41, 5.74) is 2.13. The average molecular weight is 472 g/mol. The van der Waals surface area contributed by atoms with Crippen LogP contribution >= 0.6 is 0 Å². The minimum absolute atomic E-state index is 0.00649. The fourth-order valence-electron chi connectivity index (χ4n) is 3.95. The summed E-state index contributed by atoms with van der Waals surface area (Å²) < 4.78 is 26.2. The van der Waals surface area contributed by atoms with Crippen molar-refractivity contribution in [1.29, 1.82) is 0 Å². The largest absolute Gasteiger partial charge is 0.357 e. The van der Waals surface area contributed by atoms with Crippen LogP contribution in [0.3, 0.4) is 0 Å². The van der Waals surface area contributed by atoms with Crippen LogP contribution in [0.25, 0.3) is 0 Å². The normalized spacial score (nSPS) is 15.1. The van der Waals surface area contributed by atoms with Gasteiger partial charge in [-0.1, -0.05) is 48.9 Å². The van der Waals surface area contributed by atoms with E-state index in [4.69, 9.17) is 0 Å². The van der Waals surface area contributed by atoms with Gasteiger partial charge in [-0.3, -0.25) is 14.4 Å². The number of nitrogens with zero attached hydrogens (tertiary/aromatic N) is 2. The summed E-state index contributed by atoms with van der Waals surface area (Å²) in [5.74, 6) is -1.11. The highest BCUT2D eigenvalue weighted by Gasteiger charge is 2.40. The lowest BCUT2D eigenvalue weighted by atomic mass is 10.1. The van der Waals surface area contributed by atoms with E-state index in [1.165, 1.54) is 24.1 Å². The molecule has 2 aromatic carbocycles. The Morgan fingerprint density at radius 2 is 1.76 bits per heavy atom. The van der Waals surface area contributed by atoms with Gasteiger partial charge in [0.15, 0.2) is 0 Å². The Balaban J connectivity index is 1.72. The second-order valence-corrected chi connectivity index (χ2v) is 9.86. The topological polar surface area (TPSA) is 104 Å². The summed E-state index contributed by atoms with van der Waals surface area (Å²) >= 11 is 0. The van der Waals surface area contributed by atoms with Crippen LogP contribution < -0.4 is 5.32 Å². The quantitative estimate of drug-likeness (QED) is 0.605. The molecule has 0 radical (unpaired) electrons. The Bertz CT molecular complexity index is 1140. The second kappa shape index (κ2) is 10.2. The number of likely N-dealkylation sites (N-methyl/N-ethyl adjacent to an activating group) is 1. The standard InChI is InChI=1S/C24H29N3O5S/c1-4-20(23(29)25-3)26(16-18-13-11-17(2)12-14-18)22(28)10-7-15-27-24(30)19-8-5-6-9-21(19)33(27,31)32/h5-6,8-9,11-14,20H,4,7,10,15-16H2,1-3H3,(H,25,29)/t20-/m0/s1. The first-order valence-corrected chi connectivity index (χ1v) is 12.4. The highest BCUT2D eigenvalue weighted by molar-refractivity contribution is 7.90. The monoisotopic (exact) mass is 471 g/mol. The number of carbonyl (C=O) groups is 3. The van der Waals surface area contributed by atoms with Crippen molar-refractivity contribution in [3.63, 3.8) is 0 Å². The van der Waals surface area contributed by atoms with Gasteiger partial charge in [0.2, 0.25) is 11.8 Å². The second-order valence-electron chi connectivity index (χ2n) is 8.03. The molecular weight excluding hydrogens is 442 g/mol. The van der Waals surface area contributed by atoms with Crippen molar-refractivity contribution in [2.45, 2.75) is 50.6 Å². The number of hydrogen-bond acceptors (Lipinski definition) is 5. The number of nitrogens with one attached hydrogen (secondary N) is 1. The van der Waals surface area contributed by atoms with Gasteiger partial charge < -0.3 is 10.2 Å². The molecule has 33 heavy (non-hydrogen) atoms. The minimum atomic E-state index is -3.91. The van der Waals surface area contributed by atoms with Crippen LogP contribution in [0, 0.1) is 6.92 Å². The first kappa shape index (κ1) is 24.4. The molecule has 0 fully saturated rings. The molecule has 1 atom stereocenters. The third-order valence-corrected chi connectivity index (χ3v) is 7.61. The van der Waals surface area contributed by atoms with E-state index in [9.17, 15) is 22.8 Å². The van der Waals surface area contributed by atoms with Crippen molar-refractivity contribution >= 4 is 27.7 Å². The van der Waals surface area contributed by atoms with E-state index < -0.39 is 22.0 Å². The predicted molar refractivity (Wildman–Crippen MR) is 124 cm³/mol. The molecule has 1 heterocycles. The molecule has 0 spiro atoms. The Morgan fingerprint density at radius 1 is 1.09 bits per heavy atom. The zero-order valence-corrected chi connectivity index (χ0v) is 19.9. The van der Waals surface area contributed by atoms with E-state index in [1.54, 1.807) is 12.1 Å². The molecule has 0 aromatic heterocycles. The summed E-state index contributed by atoms with van der Waals surface area (Å²) in [6, 6.07) is 13.2. The Kier molecular flexibility index (Phi) is 7.53. The number of benzene rings is 2. The third kappa shape index (κ3) is 5.08. The maximum absolute atomic E-state index is 13.2. The van der Waals surface area contributed by atoms with Crippen molar-refractivity contribution in [3.8, 4) is 0 Å². The van der Waals surface area contributed by atoms with E-state index in [-0.39, 0.29) is 48.2 Å². The highest BCUT2D eigenvalue weighted by Crippen LogP contribution is 2.30. The smallest absolute Gasteiger partial charge is 0.269 e. The first-order chi connectivity index (χ1) is 15.7. The van der Waals surface area contributed by atoms with Gasteiger partial charge in [-0.05, 0) is 37.5 Å². The number of amides is 3. The van der Waals surface area contributed by atoms with Crippen molar-refractivity contribution in [3.05, 3.63) is 65.2 Å². The van der Waals surface area contributed by atoms with E-state index in [0.29, 0.717) is 6.42 Å². The predicted octanol–water partition coefficient (Wildman–Crippen LogP) is 2.47. The lowest BCUT2D eigenvalue weighted by Gasteiger charge is -2.30. The van der Waals surface area contributed by atoms with Crippen LogP contribution in [0.4, 0.5) is 0 Å². The number of hydrogen-bond donors (Lipinski definition) is 1. The molecule has 0 aliphatic carbocycles. The van der Waals surface area contributed by atoms with E-state index in [1.807, 2.05) is 38.1 Å². The Morgan fingerprint density at radius 3 is 2.36 bits per heavy atom. The highest BCUT2D eigenvalue weighted by atomic mass is 32.2. The Labute approximate surface area is 194 Å². The molecule has 2 aromatic rings. The van der Waals surface area contributed by atoms with Crippen LogP contribution in [0.2, 0.25) is 0 Å². The lowest BCUT2D eigenvalue weighted by molar-refractivity contribution is -0.141. The van der Waals surface area contributed by atoms with E-state index in [0.717, 1.165) is 15.4 Å². The SMILES string of the molecule is CC[C@@H](C(=O)NC)N(Cc1ccc(C)cc1)C(=O)CCCN1C(=O)c2ccccc2S1(=O)=O. The van der Waals surface area contributed by atoms with Crippen LogP contribution in [0.1, 0.15) is 47.7 Å². The summed E-state index contributed by atoms with van der Waals surface area (Å²) in [4.78, 5) is 39.7. The average Bonchev–Trinajstić information content (AvgIpc) is 3.00. The van der Waals surface area contributed by atoms with Gasteiger partial charge in [0.05, 0.1) is 5.56 Å². The zero-order valence-electron chi connectivity index (χ0n) is 19.1. The fourth-order valence-corrected chi connectivity index (χ4v) is 5.55. The van der Waals surface area contributed by atoms with Gasteiger partial charge in [0.1, 0.15) is 10.9 Å². The Hall–Kier alpha value is -3.20. The number of sulfonamides is 1. The van der Waals surface area contributed by atoms with Gasteiger partial charge in [-0.15, -0.1) is 0 Å². The van der Waals surface area contributed by atoms with Crippen LogP contribution in [-0.4, -0.2) is 55.0 Å². The molecule has 0 unspecified atom stereocenters. The molecule has 9 heteroatoms. The molecule has 0 saturated carbocycles. The van der Waals surface area contributed by atoms with Gasteiger partial charge in [0.25, 0.3) is 15.9 Å². The summed E-state index contributed by atoms with van der Waals surface area (Å²) in [7, 11) is -2.38. The maximum Gasteiger partial charge on any atom is 0.269 e. The first-order valence-electron chi connectivity index (χ1n) is 10.9. The summed E-state index contributed by atoms with van der Waals surface area (Å²) in [5, 5.41) is 2.61. The molecule has 8 nitrogen and oxygen atoms in total. The molecule has 3 rings (SSSR count). The van der Waals surface area contributed by atoms with Crippen molar-refractivity contribution < 1.29 is 22.8 Å². The molecule has 0 saturated heterocycles. The number of aryl methyl sites for hydroxylation is 1. The van der Waals surface area contributed by atoms with Gasteiger partial charge >= 0.3 is 0 Å². The van der Waals surface area contributed by atoms with Crippen molar-refractivity contribution in [2.75, 3.05) is 13.6 Å². The summed E-state index contributed by atoms with van der Waals surface area (Å²) in [6.45, 7) is 3.97. The molecule has 1 N–H and O–H groups in total. The van der Waals surface area contributed by atoms with E-state index >= 15 is 0 Å². The number of carbonyl (C=O) groups excluding carboxylic acids is 3. The minimum Gasteiger partial charge on any atom is -0.357 e. The molecule has 0 bridgehead atoms. The van der Waals surface area contributed by atoms with Crippen LogP contribution in [0.15, 0.2) is 53.4 Å². The van der Waals surface area contributed by atoms with Crippen molar-refractivity contribution in [2.24, 2.45) is 0 Å². The van der Waals surface area contributed by atoms with Crippen LogP contribution in [-0.2, 0) is 26.2 Å². The summed E-state index contributed by atoms with van der Waals surface area (Å²) in [6.07, 6.45) is 0.604. The molecule has 3 amide bonds. The lowest BCUT2D eigenvalue weighted by Crippen LogP contribution is -2.48. The molecule has 1 aliphatic rings. The molecule has 1 aliphatic heterocycles. The van der Waals surface area contributed by atoms with Gasteiger partial charge in [-0.25, -0.2) is 12.7 Å². The van der Waals surface area contributed by atoms with E-state index in [2.05, 4.69) is 5.32 Å². The third-order valence-electron chi connectivity index (χ3n) is 5.77. The number of rotatable bonds is 9. The maximum atomic E-state index is 13.2. The van der Waals surface area contributed by atoms with Crippen LogP contribution in [0.5, 0.6) is 0 Å². The van der Waals surface area contributed by atoms with Gasteiger partial charge in [-0.2, -0.15) is 0 Å². The van der Waals surface area contributed by atoms with Gasteiger partial charge in [0, 0.05) is 26.6 Å². The fraction of sp³-hybridized carbons (Fsp3) is 0.375.